The maximum atomic E-state index is 13.7. The predicted octanol–water partition coefficient (Wildman–Crippen LogP) is 5.96. The molecule has 3 rings (SSSR count). The van der Waals surface area contributed by atoms with Gasteiger partial charge in [-0.3, -0.25) is 0 Å². The average Bonchev–Trinajstić information content (AvgIpc) is 2.55. The second-order valence-electron chi connectivity index (χ2n) is 7.01. The summed E-state index contributed by atoms with van der Waals surface area (Å²) in [7, 11) is 0. The Morgan fingerprint density at radius 1 is 1.14 bits per heavy atom. The maximum absolute atomic E-state index is 13.7. The highest BCUT2D eigenvalue weighted by Crippen LogP contribution is 2.46. The smallest absolute Gasteiger partial charge is 0.142 e. The van der Waals surface area contributed by atoms with E-state index in [-0.39, 0.29) is 10.8 Å². The molecule has 22 heavy (non-hydrogen) atoms. The van der Waals surface area contributed by atoms with Gasteiger partial charge in [-0.05, 0) is 80.4 Å². The van der Waals surface area contributed by atoms with Crippen molar-refractivity contribution in [2.75, 3.05) is 6.61 Å². The Labute approximate surface area is 138 Å². The van der Waals surface area contributed by atoms with E-state index in [0.29, 0.717) is 12.0 Å². The second kappa shape index (κ2) is 7.31. The molecule has 122 valence electrons. The molecule has 1 aromatic carbocycles. The molecule has 4 atom stereocenters. The predicted molar refractivity (Wildman–Crippen MR) is 88.9 cm³/mol. The van der Waals surface area contributed by atoms with Gasteiger partial charge in [-0.2, -0.15) is 0 Å². The molecular formula is C19H26ClFO. The van der Waals surface area contributed by atoms with Gasteiger partial charge in [0.15, 0.2) is 0 Å². The third-order valence-corrected chi connectivity index (χ3v) is 5.84. The van der Waals surface area contributed by atoms with Gasteiger partial charge in [0, 0.05) is 6.61 Å². The quantitative estimate of drug-likeness (QED) is 0.664. The topological polar surface area (TPSA) is 9.23 Å². The maximum Gasteiger partial charge on any atom is 0.142 e. The fraction of sp³-hybridized carbons (Fsp3) is 0.684. The van der Waals surface area contributed by atoms with Gasteiger partial charge in [0.25, 0.3) is 0 Å². The summed E-state index contributed by atoms with van der Waals surface area (Å²) in [5.41, 5.74) is 1.13. The van der Waals surface area contributed by atoms with Crippen molar-refractivity contribution >= 4 is 11.6 Å². The second-order valence-corrected chi connectivity index (χ2v) is 7.42. The zero-order chi connectivity index (χ0) is 15.5. The van der Waals surface area contributed by atoms with E-state index in [9.17, 15) is 4.39 Å². The van der Waals surface area contributed by atoms with Gasteiger partial charge in [0.2, 0.25) is 0 Å². The van der Waals surface area contributed by atoms with Gasteiger partial charge >= 0.3 is 0 Å². The van der Waals surface area contributed by atoms with Crippen LogP contribution in [0.15, 0.2) is 18.2 Å². The normalized spacial score (nSPS) is 31.8. The van der Waals surface area contributed by atoms with E-state index < -0.39 is 0 Å². The molecule has 0 amide bonds. The molecule has 0 N–H and O–H groups in total. The lowest BCUT2D eigenvalue weighted by atomic mass is 9.65. The van der Waals surface area contributed by atoms with Crippen LogP contribution in [0.3, 0.4) is 0 Å². The monoisotopic (exact) mass is 324 g/mol. The van der Waals surface area contributed by atoms with Crippen molar-refractivity contribution in [3.05, 3.63) is 34.6 Å². The summed E-state index contributed by atoms with van der Waals surface area (Å²) < 4.78 is 19.6. The number of rotatable bonds is 4. The first-order valence-corrected chi connectivity index (χ1v) is 9.11. The Hall–Kier alpha value is -0.600. The lowest BCUT2D eigenvalue weighted by Gasteiger charge is -2.42. The van der Waals surface area contributed by atoms with Crippen molar-refractivity contribution in [1.82, 2.24) is 0 Å². The van der Waals surface area contributed by atoms with Crippen molar-refractivity contribution in [2.45, 2.75) is 63.9 Å². The molecule has 2 aliphatic rings. The van der Waals surface area contributed by atoms with E-state index in [1.165, 1.54) is 38.5 Å². The highest BCUT2D eigenvalue weighted by Gasteiger charge is 2.36. The van der Waals surface area contributed by atoms with E-state index in [0.717, 1.165) is 30.4 Å². The number of hydrogen-bond donors (Lipinski definition) is 0. The minimum absolute atomic E-state index is 0.228. The standard InChI is InChI=1S/C19H26ClFO/c1-2-9-22-17-7-5-14-10-13(3-4-15(14)11-17)16-6-8-18(20)19(21)12-16/h6,8,12-15,17H,2-5,7,9-11H2,1H3. The van der Waals surface area contributed by atoms with E-state index >= 15 is 0 Å². The van der Waals surface area contributed by atoms with Crippen molar-refractivity contribution < 1.29 is 9.13 Å². The molecule has 0 bridgehead atoms. The molecule has 0 radical (unpaired) electrons. The molecule has 2 saturated carbocycles. The van der Waals surface area contributed by atoms with Crippen LogP contribution < -0.4 is 0 Å². The van der Waals surface area contributed by atoms with Crippen LogP contribution in [-0.2, 0) is 4.74 Å². The largest absolute Gasteiger partial charge is 0.378 e. The third-order valence-electron chi connectivity index (χ3n) is 5.54. The first-order valence-electron chi connectivity index (χ1n) is 8.74. The summed E-state index contributed by atoms with van der Waals surface area (Å²) in [6, 6.07) is 5.35. The number of halogens is 2. The average molecular weight is 325 g/mol. The van der Waals surface area contributed by atoms with E-state index in [4.69, 9.17) is 16.3 Å². The van der Waals surface area contributed by atoms with Crippen LogP contribution in [0.25, 0.3) is 0 Å². The number of benzene rings is 1. The van der Waals surface area contributed by atoms with Crippen molar-refractivity contribution in [3.8, 4) is 0 Å². The molecule has 0 spiro atoms. The summed E-state index contributed by atoms with van der Waals surface area (Å²) in [4.78, 5) is 0. The zero-order valence-electron chi connectivity index (χ0n) is 13.4. The lowest BCUT2D eigenvalue weighted by Crippen LogP contribution is -2.33. The van der Waals surface area contributed by atoms with Gasteiger partial charge < -0.3 is 4.74 Å². The first kappa shape index (κ1) is 16.3. The molecular weight excluding hydrogens is 299 g/mol. The summed E-state index contributed by atoms with van der Waals surface area (Å²) in [5, 5.41) is 0.228. The van der Waals surface area contributed by atoms with Crippen LogP contribution in [0.2, 0.25) is 5.02 Å². The SMILES string of the molecule is CCCOC1CCC2CC(c3ccc(Cl)c(F)c3)CCC2C1. The Kier molecular flexibility index (Phi) is 5.41. The molecule has 0 aliphatic heterocycles. The van der Waals surface area contributed by atoms with E-state index in [1.54, 1.807) is 12.1 Å². The van der Waals surface area contributed by atoms with E-state index in [1.807, 2.05) is 6.07 Å². The number of hydrogen-bond acceptors (Lipinski definition) is 1. The van der Waals surface area contributed by atoms with Crippen LogP contribution >= 0.6 is 11.6 Å². The molecule has 2 aliphatic carbocycles. The van der Waals surface area contributed by atoms with Crippen molar-refractivity contribution in [2.24, 2.45) is 11.8 Å². The van der Waals surface area contributed by atoms with Gasteiger partial charge in [-0.25, -0.2) is 4.39 Å². The van der Waals surface area contributed by atoms with Gasteiger partial charge in [-0.1, -0.05) is 24.6 Å². The van der Waals surface area contributed by atoms with Crippen LogP contribution in [0.4, 0.5) is 4.39 Å². The van der Waals surface area contributed by atoms with E-state index in [2.05, 4.69) is 6.92 Å². The summed E-state index contributed by atoms with van der Waals surface area (Å²) >= 11 is 5.80. The molecule has 0 aromatic heterocycles. The van der Waals surface area contributed by atoms with Crippen LogP contribution in [0, 0.1) is 17.7 Å². The van der Waals surface area contributed by atoms with Gasteiger partial charge in [-0.15, -0.1) is 0 Å². The Bertz CT molecular complexity index is 504. The Morgan fingerprint density at radius 3 is 2.68 bits per heavy atom. The van der Waals surface area contributed by atoms with Crippen molar-refractivity contribution in [1.29, 1.82) is 0 Å². The van der Waals surface area contributed by atoms with Crippen molar-refractivity contribution in [3.63, 3.8) is 0 Å². The molecule has 4 unspecified atom stereocenters. The summed E-state index contributed by atoms with van der Waals surface area (Å²) in [6.07, 6.45) is 8.90. The van der Waals surface area contributed by atoms with Gasteiger partial charge in [0.05, 0.1) is 11.1 Å². The Morgan fingerprint density at radius 2 is 1.91 bits per heavy atom. The van der Waals surface area contributed by atoms with Crippen LogP contribution in [0.5, 0.6) is 0 Å². The molecule has 1 aromatic rings. The molecule has 3 heteroatoms. The summed E-state index contributed by atoms with van der Waals surface area (Å²) in [5.74, 6) is 1.82. The first-order chi connectivity index (χ1) is 10.7. The van der Waals surface area contributed by atoms with Gasteiger partial charge in [0.1, 0.15) is 5.82 Å². The third kappa shape index (κ3) is 3.65. The Balaban J connectivity index is 1.59. The fourth-order valence-corrected chi connectivity index (χ4v) is 4.47. The molecule has 2 fully saturated rings. The lowest BCUT2D eigenvalue weighted by molar-refractivity contribution is -0.0147. The highest BCUT2D eigenvalue weighted by molar-refractivity contribution is 6.30. The van der Waals surface area contributed by atoms with Crippen LogP contribution in [0.1, 0.15) is 63.4 Å². The molecule has 0 saturated heterocycles. The molecule has 0 heterocycles. The summed E-state index contributed by atoms with van der Waals surface area (Å²) in [6.45, 7) is 3.07. The number of ether oxygens (including phenoxy) is 1. The minimum Gasteiger partial charge on any atom is -0.378 e. The fourth-order valence-electron chi connectivity index (χ4n) is 4.35. The minimum atomic E-state index is -0.280. The van der Waals surface area contributed by atoms with Crippen LogP contribution in [-0.4, -0.2) is 12.7 Å². The molecule has 1 nitrogen and oxygen atoms in total. The number of fused-ring (bicyclic) bond motifs is 1. The highest BCUT2D eigenvalue weighted by atomic mass is 35.5. The zero-order valence-corrected chi connectivity index (χ0v) is 14.1.